The number of imidazole rings is 1. The number of hydrogen-bond acceptors (Lipinski definition) is 6. The number of nitrogen functional groups attached to an aromatic ring is 1. The molecule has 0 saturated carbocycles. The van der Waals surface area contributed by atoms with Crippen molar-refractivity contribution < 1.29 is 9.47 Å². The van der Waals surface area contributed by atoms with Crippen molar-refractivity contribution in [1.29, 1.82) is 0 Å². The lowest BCUT2D eigenvalue weighted by atomic mass is 10.1. The number of hydrogen-bond donors (Lipinski definition) is 1. The molecule has 1 unspecified atom stereocenters. The molecule has 0 aliphatic carbocycles. The van der Waals surface area contributed by atoms with Crippen molar-refractivity contribution in [2.45, 2.75) is 32.7 Å². The van der Waals surface area contributed by atoms with Gasteiger partial charge in [0, 0.05) is 23.9 Å². The monoisotopic (exact) mass is 447 g/mol. The summed E-state index contributed by atoms with van der Waals surface area (Å²) in [6.07, 6.45) is 4.24. The maximum atomic E-state index is 6.06. The van der Waals surface area contributed by atoms with Crippen molar-refractivity contribution >= 4 is 32.9 Å². The first-order chi connectivity index (χ1) is 13.6. The van der Waals surface area contributed by atoms with Crippen LogP contribution in [0.1, 0.15) is 31.2 Å². The number of alkyl halides is 1. The van der Waals surface area contributed by atoms with Crippen molar-refractivity contribution in [3.8, 4) is 11.5 Å². The number of nitrogens with two attached hydrogens (primary N) is 1. The Labute approximate surface area is 173 Å². The highest BCUT2D eigenvalue weighted by atomic mass is 79.9. The van der Waals surface area contributed by atoms with Crippen LogP contribution in [-0.2, 0) is 13.0 Å². The van der Waals surface area contributed by atoms with E-state index < -0.39 is 0 Å². The molecule has 1 aromatic carbocycles. The van der Waals surface area contributed by atoms with E-state index in [0.29, 0.717) is 23.7 Å². The second kappa shape index (κ2) is 9.23. The molecule has 2 aromatic heterocycles. The predicted molar refractivity (Wildman–Crippen MR) is 114 cm³/mol. The largest absolute Gasteiger partial charge is 0.497 e. The van der Waals surface area contributed by atoms with E-state index in [-0.39, 0.29) is 0 Å². The molecule has 2 heterocycles. The minimum Gasteiger partial charge on any atom is -0.497 e. The van der Waals surface area contributed by atoms with Crippen LogP contribution in [0.3, 0.4) is 0 Å². The topological polar surface area (TPSA) is 88.1 Å². The molecular formula is C20H26BrN5O2. The minimum absolute atomic E-state index is 0.399. The first kappa shape index (κ1) is 20.4. The van der Waals surface area contributed by atoms with Crippen molar-refractivity contribution in [1.82, 2.24) is 19.5 Å². The van der Waals surface area contributed by atoms with Crippen molar-refractivity contribution in [2.24, 2.45) is 5.92 Å². The van der Waals surface area contributed by atoms with Crippen LogP contribution >= 0.6 is 15.9 Å². The fourth-order valence-electron chi connectivity index (χ4n) is 3.24. The van der Waals surface area contributed by atoms with E-state index in [2.05, 4.69) is 37.4 Å². The molecule has 0 saturated heterocycles. The summed E-state index contributed by atoms with van der Waals surface area (Å²) in [4.78, 5) is 13.3. The maximum absolute atomic E-state index is 6.06. The van der Waals surface area contributed by atoms with Crippen LogP contribution in [0.25, 0.3) is 11.2 Å². The van der Waals surface area contributed by atoms with Crippen molar-refractivity contribution in [3.63, 3.8) is 0 Å². The number of aryl methyl sites for hydroxylation is 1. The zero-order valence-corrected chi connectivity index (χ0v) is 18.1. The SMILES string of the molecule is COc1ccc(OC)c(Cc2nc3c(N)ncnc3n2CCC(C)CCBr)c1. The van der Waals surface area contributed by atoms with Gasteiger partial charge in [-0.25, -0.2) is 15.0 Å². The van der Waals surface area contributed by atoms with Gasteiger partial charge in [0.2, 0.25) is 0 Å². The number of methoxy groups -OCH3 is 2. The van der Waals surface area contributed by atoms with Gasteiger partial charge in [-0.15, -0.1) is 0 Å². The number of aromatic nitrogens is 4. The van der Waals surface area contributed by atoms with Gasteiger partial charge in [0.1, 0.15) is 23.7 Å². The Bertz CT molecular complexity index is 944. The van der Waals surface area contributed by atoms with Gasteiger partial charge in [0.25, 0.3) is 0 Å². The van der Waals surface area contributed by atoms with E-state index in [4.69, 9.17) is 20.2 Å². The standard InChI is InChI=1S/C20H26BrN5O2/c1-13(6-8-21)7-9-26-17(25-18-19(22)23-12-24-20(18)26)11-14-10-15(27-2)4-5-16(14)28-3/h4-5,10,12-13H,6-9,11H2,1-3H3,(H2,22,23,24). The number of rotatable bonds is 9. The molecule has 8 heteroatoms. The lowest BCUT2D eigenvalue weighted by molar-refractivity contribution is 0.399. The molecule has 0 aliphatic rings. The van der Waals surface area contributed by atoms with Gasteiger partial charge in [-0.3, -0.25) is 0 Å². The molecule has 0 aliphatic heterocycles. The lowest BCUT2D eigenvalue weighted by Crippen LogP contribution is -2.09. The fraction of sp³-hybridized carbons (Fsp3) is 0.450. The molecule has 0 spiro atoms. The number of halogens is 1. The summed E-state index contributed by atoms with van der Waals surface area (Å²) in [5.74, 6) is 3.46. The number of fused-ring (bicyclic) bond motifs is 1. The van der Waals surface area contributed by atoms with Crippen LogP contribution in [0.4, 0.5) is 5.82 Å². The van der Waals surface area contributed by atoms with Crippen LogP contribution < -0.4 is 15.2 Å². The van der Waals surface area contributed by atoms with Gasteiger partial charge in [0.15, 0.2) is 17.0 Å². The second-order valence-electron chi connectivity index (χ2n) is 6.84. The van der Waals surface area contributed by atoms with Gasteiger partial charge in [-0.2, -0.15) is 0 Å². The lowest BCUT2D eigenvalue weighted by Gasteiger charge is -2.14. The van der Waals surface area contributed by atoms with Gasteiger partial charge in [-0.05, 0) is 37.0 Å². The highest BCUT2D eigenvalue weighted by molar-refractivity contribution is 9.09. The van der Waals surface area contributed by atoms with E-state index in [9.17, 15) is 0 Å². The van der Waals surface area contributed by atoms with E-state index in [1.807, 2.05) is 18.2 Å². The Balaban J connectivity index is 2.00. The molecule has 0 amide bonds. The maximum Gasteiger partial charge on any atom is 0.165 e. The molecule has 150 valence electrons. The molecular weight excluding hydrogens is 422 g/mol. The van der Waals surface area contributed by atoms with E-state index >= 15 is 0 Å². The van der Waals surface area contributed by atoms with E-state index in [1.54, 1.807) is 14.2 Å². The highest BCUT2D eigenvalue weighted by Gasteiger charge is 2.17. The third kappa shape index (κ3) is 4.38. The molecule has 3 rings (SSSR count). The summed E-state index contributed by atoms with van der Waals surface area (Å²) < 4.78 is 13.1. The molecule has 0 bridgehead atoms. The first-order valence-electron chi connectivity index (χ1n) is 9.29. The normalized spacial score (nSPS) is 12.3. The van der Waals surface area contributed by atoms with Crippen LogP contribution in [0, 0.1) is 5.92 Å². The average Bonchev–Trinajstić information content (AvgIpc) is 3.05. The van der Waals surface area contributed by atoms with Gasteiger partial charge in [0.05, 0.1) is 14.2 Å². The average molecular weight is 448 g/mol. The quantitative estimate of drug-likeness (QED) is 0.501. The van der Waals surface area contributed by atoms with Crippen LogP contribution in [0.5, 0.6) is 11.5 Å². The third-order valence-corrected chi connectivity index (χ3v) is 5.38. The first-order valence-corrected chi connectivity index (χ1v) is 10.4. The molecule has 0 radical (unpaired) electrons. The zero-order chi connectivity index (χ0) is 20.1. The molecule has 1 atom stereocenters. The predicted octanol–water partition coefficient (Wildman–Crippen LogP) is 3.83. The van der Waals surface area contributed by atoms with Crippen molar-refractivity contribution in [2.75, 3.05) is 25.3 Å². The van der Waals surface area contributed by atoms with E-state index in [0.717, 1.165) is 53.3 Å². The van der Waals surface area contributed by atoms with Gasteiger partial charge >= 0.3 is 0 Å². The second-order valence-corrected chi connectivity index (χ2v) is 7.63. The fourth-order valence-corrected chi connectivity index (χ4v) is 4.02. The minimum atomic E-state index is 0.399. The molecule has 0 fully saturated rings. The Kier molecular flexibility index (Phi) is 6.72. The summed E-state index contributed by atoms with van der Waals surface area (Å²) in [5.41, 5.74) is 8.48. The number of nitrogens with zero attached hydrogens (tertiary/aromatic N) is 4. The number of anilines is 1. The van der Waals surface area contributed by atoms with Crippen LogP contribution in [0.2, 0.25) is 0 Å². The Morgan fingerprint density at radius 2 is 2.00 bits per heavy atom. The summed E-state index contributed by atoms with van der Waals surface area (Å²) in [6.45, 7) is 3.08. The zero-order valence-electron chi connectivity index (χ0n) is 16.5. The summed E-state index contributed by atoms with van der Waals surface area (Å²) >= 11 is 3.52. The Morgan fingerprint density at radius 1 is 1.18 bits per heavy atom. The number of ether oxygens (including phenoxy) is 2. The summed E-state index contributed by atoms with van der Waals surface area (Å²) in [7, 11) is 3.32. The summed E-state index contributed by atoms with van der Waals surface area (Å²) in [6, 6.07) is 5.77. The van der Waals surface area contributed by atoms with Gasteiger partial charge < -0.3 is 19.8 Å². The third-order valence-electron chi connectivity index (χ3n) is 4.92. The molecule has 28 heavy (non-hydrogen) atoms. The molecule has 2 N–H and O–H groups in total. The molecule has 3 aromatic rings. The highest BCUT2D eigenvalue weighted by Crippen LogP contribution is 2.28. The summed E-state index contributed by atoms with van der Waals surface area (Å²) in [5, 5.41) is 1.00. The Hall–Kier alpha value is -2.35. The Morgan fingerprint density at radius 3 is 2.71 bits per heavy atom. The smallest absolute Gasteiger partial charge is 0.165 e. The molecule has 7 nitrogen and oxygen atoms in total. The van der Waals surface area contributed by atoms with Crippen LogP contribution in [0.15, 0.2) is 24.5 Å². The van der Waals surface area contributed by atoms with Crippen LogP contribution in [-0.4, -0.2) is 39.1 Å². The number of benzene rings is 1. The van der Waals surface area contributed by atoms with E-state index in [1.165, 1.54) is 6.33 Å². The van der Waals surface area contributed by atoms with Crippen molar-refractivity contribution in [3.05, 3.63) is 35.9 Å². The van der Waals surface area contributed by atoms with Gasteiger partial charge in [-0.1, -0.05) is 22.9 Å².